The average molecular weight is 236 g/mol. The van der Waals surface area contributed by atoms with Crippen LogP contribution < -0.4 is 0 Å². The highest BCUT2D eigenvalue weighted by Gasteiger charge is 2.17. The first-order chi connectivity index (χ1) is 7.99. The Morgan fingerprint density at radius 3 is 2.76 bits per heavy atom. The van der Waals surface area contributed by atoms with Crippen LogP contribution in [0.4, 0.5) is 4.39 Å². The van der Waals surface area contributed by atoms with Gasteiger partial charge in [0.15, 0.2) is 0 Å². The summed E-state index contributed by atoms with van der Waals surface area (Å²) >= 11 is 0. The van der Waals surface area contributed by atoms with Crippen LogP contribution in [0.25, 0.3) is 0 Å². The molecule has 0 radical (unpaired) electrons. The number of rotatable bonds is 6. The molecule has 1 N–H and O–H groups in total. The van der Waals surface area contributed by atoms with Crippen molar-refractivity contribution in [3.05, 3.63) is 47.8 Å². The molecule has 0 aromatic heterocycles. The Labute approximate surface area is 101 Å². The van der Waals surface area contributed by atoms with Gasteiger partial charge in [0.1, 0.15) is 5.82 Å². The number of allylic oxidation sites excluding steroid dienone is 1. The average Bonchev–Trinajstić information content (AvgIpc) is 2.23. The largest absolute Gasteiger partial charge is 0.481 e. The zero-order valence-electron chi connectivity index (χ0n) is 9.95. The van der Waals surface area contributed by atoms with Crippen molar-refractivity contribution in [1.82, 2.24) is 0 Å². The number of aliphatic carboxylic acids is 1. The molecule has 0 saturated carbocycles. The van der Waals surface area contributed by atoms with Gasteiger partial charge in [0, 0.05) is 0 Å². The first-order valence-electron chi connectivity index (χ1n) is 5.60. The second-order valence-corrected chi connectivity index (χ2v) is 4.36. The summed E-state index contributed by atoms with van der Waals surface area (Å²) in [4.78, 5) is 11.1. The van der Waals surface area contributed by atoms with Gasteiger partial charge >= 0.3 is 5.97 Å². The Morgan fingerprint density at radius 1 is 1.53 bits per heavy atom. The molecule has 0 aliphatic rings. The van der Waals surface area contributed by atoms with E-state index >= 15 is 0 Å². The number of carboxylic acid groups (broad SMARTS) is 1. The smallest absolute Gasteiger partial charge is 0.306 e. The third kappa shape index (κ3) is 4.81. The van der Waals surface area contributed by atoms with E-state index in [1.54, 1.807) is 12.1 Å². The third-order valence-corrected chi connectivity index (χ3v) is 2.64. The summed E-state index contributed by atoms with van der Waals surface area (Å²) in [6, 6.07) is 6.09. The van der Waals surface area contributed by atoms with Crippen molar-refractivity contribution in [2.24, 2.45) is 5.92 Å². The summed E-state index contributed by atoms with van der Waals surface area (Å²) in [5.74, 6) is -1.64. The lowest BCUT2D eigenvalue weighted by Crippen LogP contribution is -2.16. The predicted molar refractivity (Wildman–Crippen MR) is 65.3 cm³/mol. The quantitative estimate of drug-likeness (QED) is 0.768. The van der Waals surface area contributed by atoms with Gasteiger partial charge in [0.25, 0.3) is 0 Å². The summed E-state index contributed by atoms with van der Waals surface area (Å²) < 4.78 is 13.0. The molecule has 0 aliphatic carbocycles. The first-order valence-corrected chi connectivity index (χ1v) is 5.60. The van der Waals surface area contributed by atoms with Crippen LogP contribution in [0.5, 0.6) is 0 Å². The van der Waals surface area contributed by atoms with Crippen LogP contribution in [-0.4, -0.2) is 11.1 Å². The molecule has 0 amide bonds. The molecule has 1 atom stereocenters. The van der Waals surface area contributed by atoms with Crippen LogP contribution in [0.2, 0.25) is 0 Å². The highest BCUT2D eigenvalue weighted by Crippen LogP contribution is 2.17. The van der Waals surface area contributed by atoms with Crippen LogP contribution >= 0.6 is 0 Å². The molecular formula is C14H17FO2. The van der Waals surface area contributed by atoms with Crippen LogP contribution in [-0.2, 0) is 11.2 Å². The first kappa shape index (κ1) is 13.4. The second-order valence-electron chi connectivity index (χ2n) is 4.36. The highest BCUT2D eigenvalue weighted by molar-refractivity contribution is 5.70. The number of benzene rings is 1. The fourth-order valence-corrected chi connectivity index (χ4v) is 1.68. The van der Waals surface area contributed by atoms with E-state index in [1.807, 2.05) is 6.92 Å². The molecule has 0 spiro atoms. The van der Waals surface area contributed by atoms with Crippen molar-refractivity contribution in [3.63, 3.8) is 0 Å². The van der Waals surface area contributed by atoms with Gasteiger partial charge in [0.2, 0.25) is 0 Å². The zero-order chi connectivity index (χ0) is 12.8. The SMILES string of the molecule is C=C(C)CCC(Cc1cccc(F)c1)C(=O)O. The zero-order valence-corrected chi connectivity index (χ0v) is 9.95. The number of carboxylic acids is 1. The molecule has 1 aromatic carbocycles. The topological polar surface area (TPSA) is 37.3 Å². The Balaban J connectivity index is 2.66. The number of hydrogen-bond donors (Lipinski definition) is 1. The van der Waals surface area contributed by atoms with Gasteiger partial charge in [-0.2, -0.15) is 0 Å². The molecule has 0 fully saturated rings. The maximum absolute atomic E-state index is 13.0. The molecule has 17 heavy (non-hydrogen) atoms. The third-order valence-electron chi connectivity index (χ3n) is 2.64. The van der Waals surface area contributed by atoms with Gasteiger partial charge in [-0.15, -0.1) is 6.58 Å². The van der Waals surface area contributed by atoms with E-state index in [9.17, 15) is 9.18 Å². The van der Waals surface area contributed by atoms with Gasteiger partial charge in [0.05, 0.1) is 5.92 Å². The lowest BCUT2D eigenvalue weighted by atomic mass is 9.93. The molecule has 0 heterocycles. The van der Waals surface area contributed by atoms with Crippen molar-refractivity contribution in [2.45, 2.75) is 26.2 Å². The molecule has 3 heteroatoms. The minimum absolute atomic E-state index is 0.327. The summed E-state index contributed by atoms with van der Waals surface area (Å²) in [5, 5.41) is 9.09. The highest BCUT2D eigenvalue weighted by atomic mass is 19.1. The minimum atomic E-state index is -0.837. The van der Waals surface area contributed by atoms with Crippen LogP contribution in [0.3, 0.4) is 0 Å². The van der Waals surface area contributed by atoms with Crippen molar-refractivity contribution in [2.75, 3.05) is 0 Å². The summed E-state index contributed by atoms with van der Waals surface area (Å²) in [7, 11) is 0. The van der Waals surface area contributed by atoms with E-state index in [-0.39, 0.29) is 5.82 Å². The van der Waals surface area contributed by atoms with Gasteiger partial charge in [-0.3, -0.25) is 4.79 Å². The van der Waals surface area contributed by atoms with E-state index in [0.717, 1.165) is 11.1 Å². The van der Waals surface area contributed by atoms with E-state index in [1.165, 1.54) is 12.1 Å². The fraction of sp³-hybridized carbons (Fsp3) is 0.357. The normalized spacial score (nSPS) is 12.1. The van der Waals surface area contributed by atoms with Crippen LogP contribution in [0.15, 0.2) is 36.4 Å². The second kappa shape index (κ2) is 6.18. The molecular weight excluding hydrogens is 219 g/mol. The molecule has 92 valence electrons. The van der Waals surface area contributed by atoms with Crippen LogP contribution in [0, 0.1) is 11.7 Å². The van der Waals surface area contributed by atoms with Crippen LogP contribution in [0.1, 0.15) is 25.3 Å². The molecule has 2 nitrogen and oxygen atoms in total. The summed E-state index contributed by atoms with van der Waals surface area (Å²) in [6.07, 6.45) is 1.59. The number of hydrogen-bond acceptors (Lipinski definition) is 1. The predicted octanol–water partition coefficient (Wildman–Crippen LogP) is 3.43. The fourth-order valence-electron chi connectivity index (χ4n) is 1.68. The standard InChI is InChI=1S/C14H17FO2/c1-10(2)6-7-12(14(16)17)8-11-4-3-5-13(15)9-11/h3-5,9,12H,1,6-8H2,2H3,(H,16,17). The van der Waals surface area contributed by atoms with Gasteiger partial charge in [-0.1, -0.05) is 17.7 Å². The van der Waals surface area contributed by atoms with Gasteiger partial charge in [-0.05, 0) is 43.9 Å². The Morgan fingerprint density at radius 2 is 2.24 bits per heavy atom. The molecule has 1 unspecified atom stereocenters. The molecule has 1 aromatic rings. The molecule has 0 aliphatic heterocycles. The maximum Gasteiger partial charge on any atom is 0.306 e. The Kier molecular flexibility index (Phi) is 4.88. The van der Waals surface area contributed by atoms with Crippen molar-refractivity contribution in [1.29, 1.82) is 0 Å². The van der Waals surface area contributed by atoms with E-state index < -0.39 is 11.9 Å². The Hall–Kier alpha value is -1.64. The lowest BCUT2D eigenvalue weighted by molar-refractivity contribution is -0.141. The lowest BCUT2D eigenvalue weighted by Gasteiger charge is -2.12. The van der Waals surface area contributed by atoms with E-state index in [4.69, 9.17) is 5.11 Å². The summed E-state index contributed by atoms with van der Waals surface area (Å²) in [5.41, 5.74) is 1.69. The molecule has 0 saturated heterocycles. The molecule has 0 bridgehead atoms. The Bertz CT molecular complexity index is 412. The van der Waals surface area contributed by atoms with Gasteiger partial charge < -0.3 is 5.11 Å². The number of carbonyl (C=O) groups is 1. The maximum atomic E-state index is 13.0. The van der Waals surface area contributed by atoms with Crippen molar-refractivity contribution >= 4 is 5.97 Å². The van der Waals surface area contributed by atoms with Crippen molar-refractivity contribution in [3.8, 4) is 0 Å². The van der Waals surface area contributed by atoms with E-state index in [2.05, 4.69) is 6.58 Å². The molecule has 1 rings (SSSR count). The van der Waals surface area contributed by atoms with E-state index in [0.29, 0.717) is 19.3 Å². The number of halogens is 1. The van der Waals surface area contributed by atoms with Gasteiger partial charge in [-0.25, -0.2) is 4.39 Å². The minimum Gasteiger partial charge on any atom is -0.481 e. The monoisotopic (exact) mass is 236 g/mol. The van der Waals surface area contributed by atoms with Crippen molar-refractivity contribution < 1.29 is 14.3 Å². The summed E-state index contributed by atoms with van der Waals surface area (Å²) in [6.45, 7) is 5.63.